The van der Waals surface area contributed by atoms with E-state index in [4.69, 9.17) is 5.73 Å². The fraction of sp³-hybridized carbons (Fsp3) is 0.562. The Hall–Kier alpha value is -1.39. The van der Waals surface area contributed by atoms with Gasteiger partial charge in [-0.25, -0.2) is 0 Å². The third-order valence-electron chi connectivity index (χ3n) is 3.85. The van der Waals surface area contributed by atoms with Crippen molar-refractivity contribution in [1.29, 1.82) is 0 Å². The predicted molar refractivity (Wildman–Crippen MR) is 81.2 cm³/mol. The van der Waals surface area contributed by atoms with Crippen molar-refractivity contribution in [3.63, 3.8) is 0 Å². The van der Waals surface area contributed by atoms with E-state index in [1.807, 2.05) is 6.07 Å². The average Bonchev–Trinajstić information content (AvgIpc) is 2.69. The van der Waals surface area contributed by atoms with Crippen molar-refractivity contribution in [2.24, 2.45) is 5.73 Å². The van der Waals surface area contributed by atoms with E-state index in [-0.39, 0.29) is 5.91 Å². The molecule has 1 aliphatic heterocycles. The summed E-state index contributed by atoms with van der Waals surface area (Å²) in [7, 11) is 0. The molecule has 2 rings (SSSR count). The molecule has 1 unspecified atom stereocenters. The lowest BCUT2D eigenvalue weighted by atomic mass is 10.1. The van der Waals surface area contributed by atoms with Crippen LogP contribution in [0.2, 0.25) is 0 Å². The second-order valence-corrected chi connectivity index (χ2v) is 5.45. The minimum Gasteiger partial charge on any atom is -0.356 e. The first-order valence-corrected chi connectivity index (χ1v) is 7.54. The van der Waals surface area contributed by atoms with E-state index in [2.05, 4.69) is 34.5 Å². The van der Waals surface area contributed by atoms with Gasteiger partial charge in [-0.05, 0) is 37.9 Å². The van der Waals surface area contributed by atoms with Gasteiger partial charge in [0.1, 0.15) is 0 Å². The van der Waals surface area contributed by atoms with Crippen LogP contribution in [0.25, 0.3) is 0 Å². The molecule has 0 radical (unpaired) electrons. The van der Waals surface area contributed by atoms with Crippen LogP contribution in [0, 0.1) is 0 Å². The van der Waals surface area contributed by atoms with Gasteiger partial charge in [0.05, 0.1) is 0 Å². The summed E-state index contributed by atoms with van der Waals surface area (Å²) in [5, 5.41) is 2.96. The molecule has 1 heterocycles. The van der Waals surface area contributed by atoms with Gasteiger partial charge in [0, 0.05) is 25.6 Å². The largest absolute Gasteiger partial charge is 0.356 e. The molecule has 4 heteroatoms. The Bertz CT molecular complexity index is 407. The van der Waals surface area contributed by atoms with E-state index >= 15 is 0 Å². The summed E-state index contributed by atoms with van der Waals surface area (Å²) in [5.41, 5.74) is 6.95. The Morgan fingerprint density at radius 2 is 2.10 bits per heavy atom. The molecular formula is C16H25N3O. The van der Waals surface area contributed by atoms with Crippen LogP contribution in [0.5, 0.6) is 0 Å². The molecule has 0 saturated carbocycles. The number of amides is 1. The summed E-state index contributed by atoms with van der Waals surface area (Å²) in [6.07, 6.45) is 3.73. The van der Waals surface area contributed by atoms with Gasteiger partial charge in [0.15, 0.2) is 0 Å². The second-order valence-electron chi connectivity index (χ2n) is 5.45. The van der Waals surface area contributed by atoms with Gasteiger partial charge in [-0.1, -0.05) is 30.3 Å². The summed E-state index contributed by atoms with van der Waals surface area (Å²) >= 11 is 0. The minimum absolute atomic E-state index is 0.179. The number of nitrogens with one attached hydrogen (secondary N) is 1. The lowest BCUT2D eigenvalue weighted by Crippen LogP contribution is -2.38. The van der Waals surface area contributed by atoms with Crippen LogP contribution in [-0.4, -0.2) is 36.5 Å². The third-order valence-corrected chi connectivity index (χ3v) is 3.85. The SMILES string of the molecule is NCCCN(Cc1ccccc1)C1CCCNC(=O)C1. The molecule has 1 aromatic rings. The van der Waals surface area contributed by atoms with E-state index < -0.39 is 0 Å². The summed E-state index contributed by atoms with van der Waals surface area (Å²) in [6.45, 7) is 3.37. The summed E-state index contributed by atoms with van der Waals surface area (Å²) in [4.78, 5) is 14.2. The maximum absolute atomic E-state index is 11.8. The highest BCUT2D eigenvalue weighted by Gasteiger charge is 2.23. The molecule has 4 nitrogen and oxygen atoms in total. The average molecular weight is 275 g/mol. The maximum atomic E-state index is 11.8. The molecule has 1 fully saturated rings. The summed E-state index contributed by atoms with van der Waals surface area (Å²) < 4.78 is 0. The number of hydrogen-bond acceptors (Lipinski definition) is 3. The van der Waals surface area contributed by atoms with Crippen LogP contribution in [-0.2, 0) is 11.3 Å². The van der Waals surface area contributed by atoms with E-state index in [0.29, 0.717) is 19.0 Å². The first-order chi connectivity index (χ1) is 9.79. The van der Waals surface area contributed by atoms with E-state index in [0.717, 1.165) is 38.9 Å². The van der Waals surface area contributed by atoms with Crippen molar-refractivity contribution in [1.82, 2.24) is 10.2 Å². The molecule has 3 N–H and O–H groups in total. The zero-order valence-corrected chi connectivity index (χ0v) is 12.1. The van der Waals surface area contributed by atoms with Crippen LogP contribution >= 0.6 is 0 Å². The quantitative estimate of drug-likeness (QED) is 0.827. The van der Waals surface area contributed by atoms with Gasteiger partial charge in [-0.2, -0.15) is 0 Å². The Labute approximate surface area is 121 Å². The topological polar surface area (TPSA) is 58.4 Å². The smallest absolute Gasteiger partial charge is 0.221 e. The summed E-state index contributed by atoms with van der Waals surface area (Å²) in [5.74, 6) is 0.179. The lowest BCUT2D eigenvalue weighted by molar-refractivity contribution is -0.121. The fourth-order valence-electron chi connectivity index (χ4n) is 2.77. The maximum Gasteiger partial charge on any atom is 0.221 e. The van der Waals surface area contributed by atoms with Crippen LogP contribution in [0.4, 0.5) is 0 Å². The number of carbonyl (C=O) groups is 1. The minimum atomic E-state index is 0.179. The molecule has 1 aromatic carbocycles. The van der Waals surface area contributed by atoms with Crippen LogP contribution in [0.15, 0.2) is 30.3 Å². The molecular weight excluding hydrogens is 250 g/mol. The Morgan fingerprint density at radius 1 is 1.30 bits per heavy atom. The highest BCUT2D eigenvalue weighted by molar-refractivity contribution is 5.76. The second kappa shape index (κ2) is 8.02. The molecule has 20 heavy (non-hydrogen) atoms. The lowest BCUT2D eigenvalue weighted by Gasteiger charge is -2.30. The van der Waals surface area contributed by atoms with Gasteiger partial charge in [0.25, 0.3) is 0 Å². The van der Waals surface area contributed by atoms with Crippen molar-refractivity contribution in [2.75, 3.05) is 19.6 Å². The van der Waals surface area contributed by atoms with E-state index in [1.165, 1.54) is 5.56 Å². The molecule has 0 aliphatic carbocycles. The van der Waals surface area contributed by atoms with Gasteiger partial charge < -0.3 is 11.1 Å². The van der Waals surface area contributed by atoms with Crippen LogP contribution < -0.4 is 11.1 Å². The molecule has 0 bridgehead atoms. The fourth-order valence-corrected chi connectivity index (χ4v) is 2.77. The van der Waals surface area contributed by atoms with Gasteiger partial charge in [0.2, 0.25) is 5.91 Å². The zero-order chi connectivity index (χ0) is 14.2. The predicted octanol–water partition coefficient (Wildman–Crippen LogP) is 1.51. The Morgan fingerprint density at radius 3 is 2.85 bits per heavy atom. The molecule has 0 aromatic heterocycles. The van der Waals surface area contributed by atoms with Gasteiger partial charge >= 0.3 is 0 Å². The number of benzene rings is 1. The number of nitrogens with zero attached hydrogens (tertiary/aromatic N) is 1. The molecule has 1 amide bonds. The molecule has 0 spiro atoms. The van der Waals surface area contributed by atoms with Crippen molar-refractivity contribution in [3.8, 4) is 0 Å². The highest BCUT2D eigenvalue weighted by atomic mass is 16.1. The highest BCUT2D eigenvalue weighted by Crippen LogP contribution is 2.17. The van der Waals surface area contributed by atoms with Crippen molar-refractivity contribution >= 4 is 5.91 Å². The van der Waals surface area contributed by atoms with Crippen molar-refractivity contribution < 1.29 is 4.79 Å². The zero-order valence-electron chi connectivity index (χ0n) is 12.1. The standard InChI is InChI=1S/C16H25N3O/c17-9-5-11-19(13-14-6-2-1-3-7-14)15-8-4-10-18-16(20)12-15/h1-3,6-7,15H,4-5,8-13,17H2,(H,18,20). The van der Waals surface area contributed by atoms with Gasteiger partial charge in [-0.15, -0.1) is 0 Å². The number of rotatable bonds is 6. The molecule has 110 valence electrons. The normalized spacial score (nSPS) is 19.7. The first-order valence-electron chi connectivity index (χ1n) is 7.54. The number of hydrogen-bond donors (Lipinski definition) is 2. The summed E-state index contributed by atoms with van der Waals surface area (Å²) in [6, 6.07) is 10.8. The third kappa shape index (κ3) is 4.62. The molecule has 1 aliphatic rings. The first kappa shape index (κ1) is 15.0. The Balaban J connectivity index is 2.03. The van der Waals surface area contributed by atoms with Gasteiger partial charge in [-0.3, -0.25) is 9.69 Å². The van der Waals surface area contributed by atoms with E-state index in [1.54, 1.807) is 0 Å². The molecule has 1 atom stereocenters. The Kier molecular flexibility index (Phi) is 6.02. The van der Waals surface area contributed by atoms with Crippen molar-refractivity contribution in [3.05, 3.63) is 35.9 Å². The number of carbonyl (C=O) groups excluding carboxylic acids is 1. The van der Waals surface area contributed by atoms with Crippen molar-refractivity contribution in [2.45, 2.75) is 38.3 Å². The van der Waals surface area contributed by atoms with Crippen LogP contribution in [0.3, 0.4) is 0 Å². The number of nitrogens with two attached hydrogens (primary N) is 1. The van der Waals surface area contributed by atoms with E-state index in [9.17, 15) is 4.79 Å². The molecule has 1 saturated heterocycles. The monoisotopic (exact) mass is 275 g/mol. The van der Waals surface area contributed by atoms with Crippen LogP contribution in [0.1, 0.15) is 31.2 Å².